The summed E-state index contributed by atoms with van der Waals surface area (Å²) in [5, 5.41) is 8.52. The predicted molar refractivity (Wildman–Crippen MR) is 61.8 cm³/mol. The lowest BCUT2D eigenvalue weighted by Gasteiger charge is -2.07. The smallest absolute Gasteiger partial charge is 0.450 e. The third-order valence-corrected chi connectivity index (χ3v) is 3.00. The second-order valence-electron chi connectivity index (χ2n) is 3.73. The van der Waals surface area contributed by atoms with Gasteiger partial charge in [-0.3, -0.25) is 4.55 Å². The quantitative estimate of drug-likeness (QED) is 0.226. The average molecular weight is 318 g/mol. The van der Waals surface area contributed by atoms with Crippen molar-refractivity contribution in [3.63, 3.8) is 0 Å². The molecule has 1 aliphatic heterocycles. The molecule has 0 aromatic rings. The van der Waals surface area contributed by atoms with Crippen LogP contribution in [0.25, 0.3) is 0 Å². The third kappa shape index (κ3) is 8.23. The molecule has 0 aromatic heterocycles. The van der Waals surface area contributed by atoms with Crippen molar-refractivity contribution in [1.29, 1.82) is 0 Å². The van der Waals surface area contributed by atoms with E-state index in [1.54, 1.807) is 0 Å². The molecule has 0 aliphatic carbocycles. The van der Waals surface area contributed by atoms with E-state index in [1.807, 2.05) is 18.4 Å². The van der Waals surface area contributed by atoms with E-state index in [9.17, 15) is 8.42 Å². The molecule has 0 saturated heterocycles. The standard InChI is InChI=1S/C8H15NO4S.H2O4S/c1-3-7(2)9-6-4-5-8(9)13-14(10,11)12;1-4-5(2)3/h7H,3-6H2,1-2H3;1H,(H,2,3)/p-1. The Labute approximate surface area is 114 Å². The molecule has 0 aromatic carbocycles. The lowest BCUT2D eigenvalue weighted by Crippen LogP contribution is -2.27. The fourth-order valence-electron chi connectivity index (χ4n) is 1.57. The molecule has 0 fully saturated rings. The Morgan fingerprint density at radius 1 is 1.58 bits per heavy atom. The molecule has 1 rings (SSSR count). The lowest BCUT2D eigenvalue weighted by atomic mass is 10.2. The van der Waals surface area contributed by atoms with Gasteiger partial charge >= 0.3 is 16.3 Å². The molecule has 0 spiro atoms. The summed E-state index contributed by atoms with van der Waals surface area (Å²) in [6.07, 6.45) is 2.36. The van der Waals surface area contributed by atoms with Crippen LogP contribution in [0.3, 0.4) is 0 Å². The normalized spacial score (nSPS) is 18.6. The zero-order valence-corrected chi connectivity index (χ0v) is 12.1. The van der Waals surface area contributed by atoms with Gasteiger partial charge in [-0.15, -0.1) is 0 Å². The van der Waals surface area contributed by atoms with Crippen molar-refractivity contribution in [2.45, 2.75) is 39.2 Å². The van der Waals surface area contributed by atoms with Gasteiger partial charge < -0.3 is 18.3 Å². The highest BCUT2D eigenvalue weighted by Gasteiger charge is 2.30. The number of nitrogens with zero attached hydrogens (tertiary/aromatic N) is 1. The highest BCUT2D eigenvalue weighted by Crippen LogP contribution is 2.12. The molecule has 0 amide bonds. The van der Waals surface area contributed by atoms with Crippen LogP contribution in [-0.2, 0) is 30.3 Å². The maximum atomic E-state index is 10.5. The summed E-state index contributed by atoms with van der Waals surface area (Å²) in [7, 11) is -4.36. The maximum Gasteiger partial charge on any atom is 0.450 e. The molecule has 19 heavy (non-hydrogen) atoms. The fraction of sp³-hybridized carbons (Fsp3) is 0.875. The van der Waals surface area contributed by atoms with Gasteiger partial charge in [0.25, 0.3) is 0 Å². The van der Waals surface area contributed by atoms with E-state index in [-0.39, 0.29) is 6.04 Å². The SMILES string of the molecule is CCC(C)[N+]1=C(OS(=O)(=O)O)CCC1.O=S([O-])O[O-]. The van der Waals surface area contributed by atoms with Crippen LogP contribution >= 0.6 is 0 Å². The van der Waals surface area contributed by atoms with Gasteiger partial charge in [0.15, 0.2) is 6.04 Å². The first-order chi connectivity index (χ1) is 8.71. The molecular weight excluding hydrogens is 302 g/mol. The van der Waals surface area contributed by atoms with Crippen molar-refractivity contribution >= 4 is 27.7 Å². The minimum absolute atomic E-state index is 0.245. The van der Waals surface area contributed by atoms with Gasteiger partial charge in [0, 0.05) is 12.8 Å². The Hall–Kier alpha value is -0.590. The van der Waals surface area contributed by atoms with Gasteiger partial charge in [-0.2, -0.15) is 13.0 Å². The summed E-state index contributed by atoms with van der Waals surface area (Å²) >= 11 is -2.88. The first kappa shape index (κ1) is 18.4. The number of hydrogen-bond donors (Lipinski definition) is 1. The van der Waals surface area contributed by atoms with E-state index in [4.69, 9.17) is 18.6 Å². The monoisotopic (exact) mass is 318 g/mol. The summed E-state index contributed by atoms with van der Waals surface area (Å²) in [6, 6.07) is 0.245. The molecule has 114 valence electrons. The number of hydrogen-bond acceptors (Lipinski definition) is 7. The first-order valence-corrected chi connectivity index (χ1v) is 7.76. The summed E-state index contributed by atoms with van der Waals surface area (Å²) in [4.78, 5) is 0. The van der Waals surface area contributed by atoms with Crippen LogP contribution in [0.1, 0.15) is 33.1 Å². The maximum absolute atomic E-state index is 10.5. The molecule has 2 unspecified atom stereocenters. The molecule has 1 aliphatic rings. The molecule has 0 saturated carbocycles. The van der Waals surface area contributed by atoms with Gasteiger partial charge in [-0.25, -0.2) is 4.21 Å². The van der Waals surface area contributed by atoms with Gasteiger partial charge in [0.1, 0.15) is 6.54 Å². The van der Waals surface area contributed by atoms with Gasteiger partial charge in [-0.1, -0.05) is 6.92 Å². The van der Waals surface area contributed by atoms with Gasteiger partial charge in [0.05, 0.1) is 17.8 Å². The van der Waals surface area contributed by atoms with Crippen LogP contribution in [0.5, 0.6) is 0 Å². The highest BCUT2D eigenvalue weighted by atomic mass is 32.3. The fourth-order valence-corrected chi connectivity index (χ4v) is 1.99. The van der Waals surface area contributed by atoms with Crippen molar-refractivity contribution < 1.29 is 40.1 Å². The molecule has 11 heteroatoms. The highest BCUT2D eigenvalue weighted by molar-refractivity contribution is 7.81. The van der Waals surface area contributed by atoms with Crippen LogP contribution < -0.4 is 5.26 Å². The molecule has 1 heterocycles. The first-order valence-electron chi connectivity index (χ1n) is 5.40. The Morgan fingerprint density at radius 2 is 2.11 bits per heavy atom. The van der Waals surface area contributed by atoms with E-state index in [1.165, 1.54) is 0 Å². The Kier molecular flexibility index (Phi) is 8.29. The molecular formula is C8H16NO8S2-. The zero-order valence-electron chi connectivity index (χ0n) is 10.5. The number of rotatable bonds is 4. The van der Waals surface area contributed by atoms with E-state index in [2.05, 4.69) is 8.52 Å². The second-order valence-corrected chi connectivity index (χ2v) is 5.30. The largest absolute Gasteiger partial charge is 0.750 e. The predicted octanol–water partition coefficient (Wildman–Crippen LogP) is -1.12. The van der Waals surface area contributed by atoms with E-state index in [0.717, 1.165) is 19.4 Å². The molecule has 1 N–H and O–H groups in total. The van der Waals surface area contributed by atoms with Crippen LogP contribution in [0.15, 0.2) is 0 Å². The van der Waals surface area contributed by atoms with Gasteiger partial charge in [0.2, 0.25) is 0 Å². The van der Waals surface area contributed by atoms with E-state index < -0.39 is 21.8 Å². The third-order valence-electron chi connectivity index (χ3n) is 2.49. The summed E-state index contributed by atoms with van der Waals surface area (Å²) in [6.45, 7) is 4.81. The molecule has 9 nitrogen and oxygen atoms in total. The van der Waals surface area contributed by atoms with Crippen molar-refractivity contribution in [1.82, 2.24) is 0 Å². The minimum Gasteiger partial charge on any atom is -0.750 e. The van der Waals surface area contributed by atoms with Crippen LogP contribution in [0.4, 0.5) is 0 Å². The van der Waals surface area contributed by atoms with Crippen molar-refractivity contribution in [3.05, 3.63) is 0 Å². The Balaban J connectivity index is 0.000000555. The van der Waals surface area contributed by atoms with Crippen molar-refractivity contribution in [2.24, 2.45) is 0 Å². The van der Waals surface area contributed by atoms with Crippen molar-refractivity contribution in [2.75, 3.05) is 6.54 Å². The van der Waals surface area contributed by atoms with E-state index in [0.29, 0.717) is 12.3 Å². The molecule has 2 atom stereocenters. The molecule has 0 radical (unpaired) electrons. The minimum atomic E-state index is -4.36. The topological polar surface area (TPSA) is 139 Å². The van der Waals surface area contributed by atoms with Crippen molar-refractivity contribution in [3.8, 4) is 0 Å². The lowest BCUT2D eigenvalue weighted by molar-refractivity contribution is -0.635. The Bertz CT molecular complexity index is 432. The zero-order chi connectivity index (χ0) is 15.1. The summed E-state index contributed by atoms with van der Waals surface area (Å²) < 4.78 is 56.1. The van der Waals surface area contributed by atoms with Crippen LogP contribution in [0.2, 0.25) is 0 Å². The van der Waals surface area contributed by atoms with E-state index >= 15 is 0 Å². The van der Waals surface area contributed by atoms with Gasteiger partial charge in [-0.05, 0) is 6.92 Å². The second kappa shape index (κ2) is 8.55. The summed E-state index contributed by atoms with van der Waals surface area (Å²) in [5.41, 5.74) is 0. The van der Waals surface area contributed by atoms with Crippen LogP contribution in [0, 0.1) is 0 Å². The average Bonchev–Trinajstić information content (AvgIpc) is 2.74. The van der Waals surface area contributed by atoms with Crippen LogP contribution in [-0.4, -0.2) is 44.8 Å². The molecule has 0 bridgehead atoms. The summed E-state index contributed by atoms with van der Waals surface area (Å²) in [5.74, 6) is 0.363. The Morgan fingerprint density at radius 3 is 2.47 bits per heavy atom.